The molecule has 1 aromatic heterocycles. The fourth-order valence-electron chi connectivity index (χ4n) is 7.90. The zero-order valence-electron chi connectivity index (χ0n) is 28.2. The number of hydrogen-bond acceptors (Lipinski definition) is 1. The average molecular weight is 638 g/mol. The fraction of sp³-hybridized carbons (Fsp3) is 0.0408. The van der Waals surface area contributed by atoms with Crippen LogP contribution in [0, 0.1) is 13.8 Å². The number of aryl methyl sites for hydroxylation is 2. The Morgan fingerprint density at radius 1 is 0.320 bits per heavy atom. The van der Waals surface area contributed by atoms with Crippen LogP contribution < -0.4 is 0 Å². The lowest BCUT2D eigenvalue weighted by Gasteiger charge is -2.20. The van der Waals surface area contributed by atoms with Crippen LogP contribution in [-0.4, -0.2) is 4.98 Å². The van der Waals surface area contributed by atoms with Gasteiger partial charge in [-0.15, -0.1) is 0 Å². The molecule has 9 aromatic rings. The Morgan fingerprint density at radius 2 is 0.800 bits per heavy atom. The second-order valence-electron chi connectivity index (χ2n) is 13.2. The molecule has 0 aliphatic rings. The highest BCUT2D eigenvalue weighted by atomic mass is 14.7. The van der Waals surface area contributed by atoms with Gasteiger partial charge in [-0.25, -0.2) is 0 Å². The summed E-state index contributed by atoms with van der Waals surface area (Å²) in [6.07, 6.45) is 1.99. The van der Waals surface area contributed by atoms with Crippen molar-refractivity contribution in [3.05, 3.63) is 187 Å². The number of pyridine rings is 1. The highest BCUT2D eigenvalue weighted by Gasteiger charge is 2.20. The van der Waals surface area contributed by atoms with Crippen LogP contribution in [0.15, 0.2) is 176 Å². The van der Waals surface area contributed by atoms with Gasteiger partial charge < -0.3 is 0 Å². The Balaban J connectivity index is 1.25. The molecular formula is C49H35N. The molecule has 0 fully saturated rings. The number of rotatable bonds is 5. The Hall–Kier alpha value is -6.31. The first-order valence-electron chi connectivity index (χ1n) is 17.3. The largest absolute Gasteiger partial charge is 0.256 e. The van der Waals surface area contributed by atoms with Crippen molar-refractivity contribution in [3.63, 3.8) is 0 Å². The van der Waals surface area contributed by atoms with Crippen molar-refractivity contribution in [1.29, 1.82) is 0 Å². The summed E-state index contributed by atoms with van der Waals surface area (Å²) < 4.78 is 0. The summed E-state index contributed by atoms with van der Waals surface area (Å²) in [6, 6.07) is 61.6. The lowest BCUT2D eigenvalue weighted by molar-refractivity contribution is 1.33. The molecule has 1 heterocycles. The molecule has 236 valence electrons. The summed E-state index contributed by atoms with van der Waals surface area (Å²) >= 11 is 0. The van der Waals surface area contributed by atoms with Gasteiger partial charge in [-0.3, -0.25) is 4.98 Å². The fourth-order valence-corrected chi connectivity index (χ4v) is 7.90. The number of hydrogen-bond donors (Lipinski definition) is 0. The van der Waals surface area contributed by atoms with E-state index < -0.39 is 0 Å². The molecule has 0 unspecified atom stereocenters. The van der Waals surface area contributed by atoms with E-state index in [9.17, 15) is 0 Å². The summed E-state index contributed by atoms with van der Waals surface area (Å²) in [5, 5.41) is 7.55. The summed E-state index contributed by atoms with van der Waals surface area (Å²) in [5.74, 6) is 0. The molecule has 50 heavy (non-hydrogen) atoms. The highest BCUT2D eigenvalue weighted by Crippen LogP contribution is 2.47. The van der Waals surface area contributed by atoms with E-state index in [4.69, 9.17) is 4.98 Å². The van der Waals surface area contributed by atoms with Gasteiger partial charge in [0.25, 0.3) is 0 Å². The molecule has 0 aliphatic carbocycles. The molecule has 0 atom stereocenters. The molecule has 0 aliphatic heterocycles. The minimum atomic E-state index is 0.979. The summed E-state index contributed by atoms with van der Waals surface area (Å²) in [7, 11) is 0. The van der Waals surface area contributed by atoms with Crippen LogP contribution in [0.1, 0.15) is 11.1 Å². The van der Waals surface area contributed by atoms with Crippen molar-refractivity contribution in [2.75, 3.05) is 0 Å². The van der Waals surface area contributed by atoms with Crippen LogP contribution in [0.4, 0.5) is 0 Å². The van der Waals surface area contributed by atoms with Gasteiger partial charge >= 0.3 is 0 Å². The second-order valence-corrected chi connectivity index (χ2v) is 13.2. The molecule has 0 radical (unpaired) electrons. The number of fused-ring (bicyclic) bond motifs is 3. The SMILES string of the molecule is Cc1cccc(C)c1-c1ccc(-c2c3ccccc3c(-c3cccc(-c4ccc(-c5ccccc5)nc4)c3)c3ccccc23)c2ccccc12. The van der Waals surface area contributed by atoms with E-state index in [0.29, 0.717) is 0 Å². The number of nitrogens with zero attached hydrogens (tertiary/aromatic N) is 1. The molecular weight excluding hydrogens is 603 g/mol. The highest BCUT2D eigenvalue weighted by molar-refractivity contribution is 6.24. The maximum absolute atomic E-state index is 4.83. The predicted molar refractivity (Wildman–Crippen MR) is 213 cm³/mol. The zero-order valence-corrected chi connectivity index (χ0v) is 28.2. The van der Waals surface area contributed by atoms with Crippen molar-refractivity contribution in [1.82, 2.24) is 4.98 Å². The molecule has 9 rings (SSSR count). The maximum atomic E-state index is 4.83. The van der Waals surface area contributed by atoms with Gasteiger partial charge in [0.2, 0.25) is 0 Å². The van der Waals surface area contributed by atoms with Gasteiger partial charge in [-0.1, -0.05) is 158 Å². The quantitative estimate of drug-likeness (QED) is 0.171. The molecule has 1 nitrogen and oxygen atoms in total. The second kappa shape index (κ2) is 12.3. The minimum absolute atomic E-state index is 0.979. The van der Waals surface area contributed by atoms with E-state index in [1.54, 1.807) is 0 Å². The molecule has 1 heteroatoms. The molecule has 0 N–H and O–H groups in total. The van der Waals surface area contributed by atoms with Crippen LogP contribution in [0.5, 0.6) is 0 Å². The zero-order chi connectivity index (χ0) is 33.6. The van der Waals surface area contributed by atoms with E-state index >= 15 is 0 Å². The van der Waals surface area contributed by atoms with Gasteiger partial charge in [-0.2, -0.15) is 0 Å². The van der Waals surface area contributed by atoms with E-state index in [1.807, 2.05) is 12.3 Å². The van der Waals surface area contributed by atoms with E-state index in [-0.39, 0.29) is 0 Å². The van der Waals surface area contributed by atoms with Crippen LogP contribution >= 0.6 is 0 Å². The lowest BCUT2D eigenvalue weighted by Crippen LogP contribution is -1.94. The number of aromatic nitrogens is 1. The van der Waals surface area contributed by atoms with Crippen LogP contribution in [0.25, 0.3) is 88.1 Å². The van der Waals surface area contributed by atoms with Crippen molar-refractivity contribution >= 4 is 32.3 Å². The number of benzene rings is 8. The minimum Gasteiger partial charge on any atom is -0.256 e. The summed E-state index contributed by atoms with van der Waals surface area (Å²) in [4.78, 5) is 4.83. The first-order chi connectivity index (χ1) is 24.7. The van der Waals surface area contributed by atoms with Crippen molar-refractivity contribution < 1.29 is 0 Å². The van der Waals surface area contributed by atoms with E-state index in [0.717, 1.165) is 22.4 Å². The normalized spacial score (nSPS) is 11.4. The van der Waals surface area contributed by atoms with Crippen molar-refractivity contribution in [2.45, 2.75) is 13.8 Å². The van der Waals surface area contributed by atoms with Gasteiger partial charge in [0.15, 0.2) is 0 Å². The van der Waals surface area contributed by atoms with Crippen LogP contribution in [-0.2, 0) is 0 Å². The van der Waals surface area contributed by atoms with Gasteiger partial charge in [0, 0.05) is 17.3 Å². The van der Waals surface area contributed by atoms with Gasteiger partial charge in [0.1, 0.15) is 0 Å². The summed E-state index contributed by atoms with van der Waals surface area (Å²) in [5.41, 5.74) is 14.6. The maximum Gasteiger partial charge on any atom is 0.0702 e. The third-order valence-corrected chi connectivity index (χ3v) is 10.2. The van der Waals surface area contributed by atoms with Gasteiger partial charge in [0.05, 0.1) is 5.69 Å². The molecule has 8 aromatic carbocycles. The topological polar surface area (TPSA) is 12.9 Å². The van der Waals surface area contributed by atoms with E-state index in [1.165, 1.54) is 76.8 Å². The smallest absolute Gasteiger partial charge is 0.0702 e. The molecule has 0 spiro atoms. The molecule has 0 amide bonds. The summed E-state index contributed by atoms with van der Waals surface area (Å²) in [6.45, 7) is 4.44. The Bertz CT molecular complexity index is 2630. The van der Waals surface area contributed by atoms with E-state index in [2.05, 4.69) is 178 Å². The Labute approximate surface area is 293 Å². The first-order valence-corrected chi connectivity index (χ1v) is 17.3. The average Bonchev–Trinajstić information content (AvgIpc) is 3.17. The standard InChI is InChI=1S/C49H35N/c1-32-14-12-15-33(2)47(32)44-27-28-45(39-21-7-6-20-38(39)44)49-42-24-10-8-22-40(42)48(41-23-9-11-25-43(41)49)36-19-13-18-35(30-36)37-26-29-46(50-31-37)34-16-4-3-5-17-34/h3-31H,1-2H3. The Morgan fingerprint density at radius 3 is 1.38 bits per heavy atom. The van der Waals surface area contributed by atoms with Crippen molar-refractivity contribution in [3.8, 4) is 55.8 Å². The van der Waals surface area contributed by atoms with Gasteiger partial charge in [-0.05, 0) is 108 Å². The molecule has 0 saturated carbocycles. The predicted octanol–water partition coefficient (Wildman–Crippen LogP) is 13.5. The first kappa shape index (κ1) is 29.8. The molecule has 0 bridgehead atoms. The third kappa shape index (κ3) is 4.98. The lowest BCUT2D eigenvalue weighted by atomic mass is 9.83. The Kier molecular flexibility index (Phi) is 7.33. The third-order valence-electron chi connectivity index (χ3n) is 10.2. The molecule has 0 saturated heterocycles. The van der Waals surface area contributed by atoms with Crippen LogP contribution in [0.3, 0.4) is 0 Å². The van der Waals surface area contributed by atoms with Crippen molar-refractivity contribution in [2.24, 2.45) is 0 Å². The van der Waals surface area contributed by atoms with Crippen LogP contribution in [0.2, 0.25) is 0 Å². The monoisotopic (exact) mass is 637 g/mol.